The van der Waals surface area contributed by atoms with E-state index < -0.39 is 0 Å². The maximum absolute atomic E-state index is 5.92. The highest BCUT2D eigenvalue weighted by Gasteiger charge is 2.15. The maximum atomic E-state index is 5.92. The van der Waals surface area contributed by atoms with Crippen LogP contribution >= 0.6 is 0 Å². The molecule has 5 heteroatoms. The lowest BCUT2D eigenvalue weighted by molar-refractivity contribution is 0.537. The van der Waals surface area contributed by atoms with E-state index in [0.29, 0.717) is 12.4 Å². The fourth-order valence-corrected chi connectivity index (χ4v) is 2.83. The Bertz CT molecular complexity index is 1000. The minimum absolute atomic E-state index is 0.590. The molecule has 124 valence electrons. The van der Waals surface area contributed by atoms with Crippen LogP contribution in [-0.2, 0) is 6.54 Å². The van der Waals surface area contributed by atoms with E-state index in [0.717, 1.165) is 34.1 Å². The summed E-state index contributed by atoms with van der Waals surface area (Å²) in [6.07, 6.45) is 5.49. The van der Waals surface area contributed by atoms with Gasteiger partial charge in [0.25, 0.3) is 0 Å². The third-order valence-electron chi connectivity index (χ3n) is 4.20. The van der Waals surface area contributed by atoms with Gasteiger partial charge in [-0.3, -0.25) is 4.98 Å². The zero-order valence-corrected chi connectivity index (χ0v) is 14.2. The van der Waals surface area contributed by atoms with E-state index in [1.807, 2.05) is 54.1 Å². The van der Waals surface area contributed by atoms with Crippen molar-refractivity contribution < 1.29 is 4.42 Å². The number of nitrogens with zero attached hydrogens (tertiary/aromatic N) is 4. The molecule has 0 bridgehead atoms. The average molecular weight is 330 g/mol. The topological polar surface area (TPSA) is 56.7 Å². The molecule has 0 saturated carbocycles. The normalized spacial score (nSPS) is 11.0. The van der Waals surface area contributed by atoms with Gasteiger partial charge >= 0.3 is 0 Å². The van der Waals surface area contributed by atoms with Crippen LogP contribution in [0.3, 0.4) is 0 Å². The number of hydrogen-bond donors (Lipinski definition) is 0. The molecule has 0 spiro atoms. The molecule has 0 fully saturated rings. The second-order valence-corrected chi connectivity index (χ2v) is 5.93. The number of imidazole rings is 1. The Morgan fingerprint density at radius 2 is 1.80 bits per heavy atom. The first kappa shape index (κ1) is 15.3. The summed E-state index contributed by atoms with van der Waals surface area (Å²) in [5, 5.41) is 0. The van der Waals surface area contributed by atoms with Gasteiger partial charge in [-0.2, -0.15) is 0 Å². The highest BCUT2D eigenvalue weighted by atomic mass is 16.4. The zero-order chi connectivity index (χ0) is 17.2. The molecule has 4 aromatic rings. The SMILES string of the molecule is Cc1ccccc1-c1nc(Cn2ccnc2-c2ccccn2)c(C)o1. The summed E-state index contributed by atoms with van der Waals surface area (Å²) >= 11 is 0. The van der Waals surface area contributed by atoms with Gasteiger partial charge in [-0.15, -0.1) is 0 Å². The molecule has 0 aliphatic heterocycles. The Morgan fingerprint density at radius 3 is 2.60 bits per heavy atom. The second kappa shape index (κ2) is 6.36. The van der Waals surface area contributed by atoms with Crippen molar-refractivity contribution in [2.75, 3.05) is 0 Å². The van der Waals surface area contributed by atoms with Crippen LogP contribution in [0.15, 0.2) is 65.5 Å². The molecule has 0 saturated heterocycles. The third kappa shape index (κ3) is 2.96. The van der Waals surface area contributed by atoms with Gasteiger partial charge in [-0.25, -0.2) is 9.97 Å². The van der Waals surface area contributed by atoms with Crippen LogP contribution in [0.5, 0.6) is 0 Å². The van der Waals surface area contributed by atoms with Crippen molar-refractivity contribution in [2.45, 2.75) is 20.4 Å². The Labute approximate surface area is 146 Å². The lowest BCUT2D eigenvalue weighted by Crippen LogP contribution is -2.03. The van der Waals surface area contributed by atoms with Gasteiger partial charge in [-0.1, -0.05) is 24.3 Å². The van der Waals surface area contributed by atoms with E-state index in [-0.39, 0.29) is 0 Å². The van der Waals surface area contributed by atoms with Gasteiger partial charge in [0.1, 0.15) is 17.1 Å². The molecule has 0 aliphatic rings. The summed E-state index contributed by atoms with van der Waals surface area (Å²) in [5.41, 5.74) is 3.90. The van der Waals surface area contributed by atoms with Crippen LogP contribution < -0.4 is 0 Å². The van der Waals surface area contributed by atoms with Gasteiger partial charge in [0.05, 0.1) is 6.54 Å². The van der Waals surface area contributed by atoms with Crippen LogP contribution in [0.4, 0.5) is 0 Å². The molecule has 0 amide bonds. The van der Waals surface area contributed by atoms with Crippen molar-refractivity contribution in [3.05, 3.63) is 78.1 Å². The first-order valence-electron chi connectivity index (χ1n) is 8.17. The first-order chi connectivity index (χ1) is 12.2. The Hall–Kier alpha value is -3.21. The van der Waals surface area contributed by atoms with Crippen molar-refractivity contribution in [2.24, 2.45) is 0 Å². The summed E-state index contributed by atoms with van der Waals surface area (Å²) in [7, 11) is 0. The lowest BCUT2D eigenvalue weighted by Gasteiger charge is -2.05. The van der Waals surface area contributed by atoms with E-state index in [1.165, 1.54) is 0 Å². The van der Waals surface area contributed by atoms with E-state index >= 15 is 0 Å². The van der Waals surface area contributed by atoms with Gasteiger partial charge in [0.15, 0.2) is 5.82 Å². The van der Waals surface area contributed by atoms with Crippen LogP contribution in [0.1, 0.15) is 17.0 Å². The molecule has 0 aliphatic carbocycles. The monoisotopic (exact) mass is 330 g/mol. The molecule has 25 heavy (non-hydrogen) atoms. The molecule has 5 nitrogen and oxygen atoms in total. The molecule has 0 radical (unpaired) electrons. The first-order valence-corrected chi connectivity index (χ1v) is 8.17. The molecular weight excluding hydrogens is 312 g/mol. The number of aryl methyl sites for hydroxylation is 2. The van der Waals surface area contributed by atoms with Crippen molar-refractivity contribution in [3.8, 4) is 23.0 Å². The third-order valence-corrected chi connectivity index (χ3v) is 4.20. The van der Waals surface area contributed by atoms with Gasteiger partial charge < -0.3 is 8.98 Å². The van der Waals surface area contributed by atoms with Crippen LogP contribution in [0, 0.1) is 13.8 Å². The van der Waals surface area contributed by atoms with E-state index in [1.54, 1.807) is 12.4 Å². The Balaban J connectivity index is 1.67. The summed E-state index contributed by atoms with van der Waals surface area (Å²) in [6.45, 7) is 4.60. The highest BCUT2D eigenvalue weighted by Crippen LogP contribution is 2.25. The van der Waals surface area contributed by atoms with Crippen molar-refractivity contribution in [1.29, 1.82) is 0 Å². The molecule has 0 N–H and O–H groups in total. The van der Waals surface area contributed by atoms with Gasteiger partial charge in [0.2, 0.25) is 5.89 Å². The average Bonchev–Trinajstić information content (AvgIpc) is 3.24. The van der Waals surface area contributed by atoms with E-state index in [9.17, 15) is 0 Å². The Kier molecular flexibility index (Phi) is 3.90. The van der Waals surface area contributed by atoms with E-state index in [2.05, 4.69) is 23.0 Å². The standard InChI is InChI=1S/C20H18N4O/c1-14-7-3-4-8-16(14)20-23-18(15(2)25-20)13-24-12-11-22-19(24)17-9-5-6-10-21-17/h3-12H,13H2,1-2H3. The van der Waals surface area contributed by atoms with Gasteiger partial charge in [-0.05, 0) is 37.6 Å². The lowest BCUT2D eigenvalue weighted by atomic mass is 10.1. The number of pyridine rings is 1. The minimum atomic E-state index is 0.590. The van der Waals surface area contributed by atoms with Crippen LogP contribution in [-0.4, -0.2) is 19.5 Å². The molecule has 1 aromatic carbocycles. The van der Waals surface area contributed by atoms with E-state index in [4.69, 9.17) is 9.40 Å². The number of rotatable bonds is 4. The summed E-state index contributed by atoms with van der Waals surface area (Å²) in [4.78, 5) is 13.5. The summed E-state index contributed by atoms with van der Waals surface area (Å²) < 4.78 is 7.95. The van der Waals surface area contributed by atoms with Crippen molar-refractivity contribution in [1.82, 2.24) is 19.5 Å². The quantitative estimate of drug-likeness (QED) is 0.561. The largest absolute Gasteiger partial charge is 0.441 e. The van der Waals surface area contributed by atoms with Crippen molar-refractivity contribution >= 4 is 0 Å². The number of oxazole rings is 1. The molecule has 3 aromatic heterocycles. The Morgan fingerprint density at radius 1 is 0.960 bits per heavy atom. The molecular formula is C20H18N4O. The highest BCUT2D eigenvalue weighted by molar-refractivity contribution is 5.58. The summed E-state index contributed by atoms with van der Waals surface area (Å²) in [6, 6.07) is 13.9. The molecule has 4 rings (SSSR count). The maximum Gasteiger partial charge on any atom is 0.226 e. The predicted octanol–water partition coefficient (Wildman–Crippen LogP) is 4.27. The molecule has 0 unspecified atom stereocenters. The summed E-state index contributed by atoms with van der Waals surface area (Å²) in [5.74, 6) is 2.30. The minimum Gasteiger partial charge on any atom is -0.441 e. The number of aromatic nitrogens is 4. The van der Waals surface area contributed by atoms with Crippen LogP contribution in [0.25, 0.3) is 23.0 Å². The second-order valence-electron chi connectivity index (χ2n) is 5.93. The fourth-order valence-electron chi connectivity index (χ4n) is 2.83. The smallest absolute Gasteiger partial charge is 0.226 e. The fraction of sp³-hybridized carbons (Fsp3) is 0.150. The van der Waals surface area contributed by atoms with Crippen LogP contribution in [0.2, 0.25) is 0 Å². The van der Waals surface area contributed by atoms with Gasteiger partial charge in [0, 0.05) is 24.2 Å². The van der Waals surface area contributed by atoms with Crippen molar-refractivity contribution in [3.63, 3.8) is 0 Å². The predicted molar refractivity (Wildman–Crippen MR) is 96.0 cm³/mol. The number of hydrogen-bond acceptors (Lipinski definition) is 4. The molecule has 0 atom stereocenters. The number of benzene rings is 1. The molecule has 3 heterocycles. The zero-order valence-electron chi connectivity index (χ0n) is 14.2.